The fraction of sp³-hybridized carbons (Fsp3) is 0.769. The molecule has 0 aromatic carbocycles. The number of carbonyl (C=O) groups excluding carboxylic acids is 2. The van der Waals surface area contributed by atoms with Crippen LogP contribution in [-0.4, -0.2) is 42.0 Å². The van der Waals surface area contributed by atoms with Crippen molar-refractivity contribution < 1.29 is 24.2 Å². The molecule has 1 aliphatic carbocycles. The number of carboxylic acids is 1. The average molecular weight is 269 g/mol. The van der Waals surface area contributed by atoms with E-state index in [1.165, 1.54) is 0 Å². The highest BCUT2D eigenvalue weighted by atomic mass is 16.5. The summed E-state index contributed by atoms with van der Waals surface area (Å²) in [7, 11) is 0. The van der Waals surface area contributed by atoms with E-state index in [-0.39, 0.29) is 29.9 Å². The van der Waals surface area contributed by atoms with E-state index in [1.807, 2.05) is 0 Å². The van der Waals surface area contributed by atoms with Gasteiger partial charge in [-0.2, -0.15) is 0 Å². The zero-order valence-corrected chi connectivity index (χ0v) is 10.8. The number of carboxylic acid groups (broad SMARTS) is 1. The Morgan fingerprint density at radius 1 is 1.37 bits per heavy atom. The van der Waals surface area contributed by atoms with E-state index in [4.69, 9.17) is 4.74 Å². The lowest BCUT2D eigenvalue weighted by molar-refractivity contribution is -0.145. The second kappa shape index (κ2) is 6.14. The molecule has 0 aromatic rings. The van der Waals surface area contributed by atoms with Crippen molar-refractivity contribution in [3.8, 4) is 0 Å². The number of hydrogen-bond donors (Lipinski definition) is 2. The summed E-state index contributed by atoms with van der Waals surface area (Å²) in [6, 6.07) is -0.961. The maximum atomic E-state index is 11.9. The van der Waals surface area contributed by atoms with Crippen molar-refractivity contribution in [1.29, 1.82) is 0 Å². The zero-order chi connectivity index (χ0) is 13.8. The van der Waals surface area contributed by atoms with Crippen molar-refractivity contribution in [2.75, 3.05) is 13.2 Å². The number of carbonyl (C=O) groups is 3. The molecule has 1 heterocycles. The van der Waals surface area contributed by atoms with Crippen molar-refractivity contribution in [2.45, 2.75) is 38.1 Å². The molecule has 1 saturated heterocycles. The summed E-state index contributed by atoms with van der Waals surface area (Å²) in [5.74, 6) is -1.80. The fourth-order valence-corrected chi connectivity index (χ4v) is 2.74. The predicted octanol–water partition coefficient (Wildman–Crippen LogP) is 0.352. The molecule has 2 fully saturated rings. The molecule has 0 radical (unpaired) electrons. The Bertz CT molecular complexity index is 375. The SMILES string of the molecule is O=C1CCC[C@@H]([C@@H](NC(=O)[C@@H]2CCOC2)C(=O)O)C1. The first kappa shape index (κ1) is 14.0. The number of aliphatic carboxylic acids is 1. The van der Waals surface area contributed by atoms with E-state index >= 15 is 0 Å². The highest BCUT2D eigenvalue weighted by Crippen LogP contribution is 2.25. The molecule has 1 aliphatic heterocycles. The third-order valence-electron chi connectivity index (χ3n) is 3.86. The van der Waals surface area contributed by atoms with E-state index in [2.05, 4.69) is 5.32 Å². The zero-order valence-electron chi connectivity index (χ0n) is 10.8. The van der Waals surface area contributed by atoms with Crippen LogP contribution < -0.4 is 5.32 Å². The van der Waals surface area contributed by atoms with E-state index in [1.54, 1.807) is 0 Å². The lowest BCUT2D eigenvalue weighted by atomic mass is 9.83. The van der Waals surface area contributed by atoms with Crippen molar-refractivity contribution >= 4 is 17.7 Å². The van der Waals surface area contributed by atoms with Gasteiger partial charge in [0.1, 0.15) is 11.8 Å². The molecule has 6 heteroatoms. The third-order valence-corrected chi connectivity index (χ3v) is 3.86. The molecule has 2 N–H and O–H groups in total. The lowest BCUT2D eigenvalue weighted by Crippen LogP contribution is -2.49. The number of amides is 1. The van der Waals surface area contributed by atoms with Crippen LogP contribution in [0.25, 0.3) is 0 Å². The van der Waals surface area contributed by atoms with Gasteiger partial charge in [0, 0.05) is 19.4 Å². The molecule has 0 bridgehead atoms. The average Bonchev–Trinajstić information content (AvgIpc) is 2.89. The quantitative estimate of drug-likeness (QED) is 0.768. The minimum absolute atomic E-state index is 0.0842. The van der Waals surface area contributed by atoms with E-state index in [0.29, 0.717) is 38.9 Å². The number of Topliss-reactive ketones (excluding diaryl/α,β-unsaturated/α-hetero) is 1. The van der Waals surface area contributed by atoms with Crippen LogP contribution in [-0.2, 0) is 19.1 Å². The summed E-state index contributed by atoms with van der Waals surface area (Å²) in [5, 5.41) is 11.8. The van der Waals surface area contributed by atoms with Gasteiger partial charge in [-0.1, -0.05) is 0 Å². The molecular weight excluding hydrogens is 250 g/mol. The monoisotopic (exact) mass is 269 g/mol. The number of ketones is 1. The van der Waals surface area contributed by atoms with E-state index in [0.717, 1.165) is 0 Å². The number of ether oxygens (including phenoxy) is 1. The summed E-state index contributed by atoms with van der Waals surface area (Å²) < 4.78 is 5.12. The van der Waals surface area contributed by atoms with E-state index < -0.39 is 12.0 Å². The van der Waals surface area contributed by atoms with Crippen LogP contribution in [0.3, 0.4) is 0 Å². The molecule has 1 amide bonds. The lowest BCUT2D eigenvalue weighted by Gasteiger charge is -2.28. The molecule has 0 spiro atoms. The van der Waals surface area contributed by atoms with Crippen molar-refractivity contribution in [3.05, 3.63) is 0 Å². The maximum absolute atomic E-state index is 11.9. The van der Waals surface area contributed by atoms with Gasteiger partial charge in [-0.25, -0.2) is 4.79 Å². The summed E-state index contributed by atoms with van der Waals surface area (Å²) in [6.07, 6.45) is 2.77. The van der Waals surface area contributed by atoms with Gasteiger partial charge in [0.25, 0.3) is 0 Å². The Labute approximate surface area is 111 Å². The topological polar surface area (TPSA) is 92.7 Å². The maximum Gasteiger partial charge on any atom is 0.326 e. The van der Waals surface area contributed by atoms with Gasteiger partial charge in [0.05, 0.1) is 12.5 Å². The largest absolute Gasteiger partial charge is 0.480 e. The molecule has 6 nitrogen and oxygen atoms in total. The Kier molecular flexibility index (Phi) is 4.52. The summed E-state index contributed by atoms with van der Waals surface area (Å²) >= 11 is 0. The molecule has 2 aliphatic rings. The number of rotatable bonds is 4. The first-order chi connectivity index (χ1) is 9.08. The van der Waals surface area contributed by atoms with Gasteiger partial charge in [-0.05, 0) is 25.2 Å². The first-order valence-corrected chi connectivity index (χ1v) is 6.70. The second-order valence-electron chi connectivity index (χ2n) is 5.28. The van der Waals surface area contributed by atoms with Crippen molar-refractivity contribution in [3.63, 3.8) is 0 Å². The standard InChI is InChI=1S/C13H19NO5/c15-10-3-1-2-8(6-10)11(13(17)18)14-12(16)9-4-5-19-7-9/h8-9,11H,1-7H2,(H,14,16)(H,17,18)/t8-,9-,11-/m1/s1. The van der Waals surface area contributed by atoms with Crippen LogP contribution in [0.15, 0.2) is 0 Å². The Balaban J connectivity index is 1.97. The van der Waals surface area contributed by atoms with Crippen molar-refractivity contribution in [1.82, 2.24) is 5.32 Å². The van der Waals surface area contributed by atoms with Gasteiger partial charge >= 0.3 is 5.97 Å². The van der Waals surface area contributed by atoms with Crippen LogP contribution >= 0.6 is 0 Å². The van der Waals surface area contributed by atoms with Gasteiger partial charge in [-0.3, -0.25) is 9.59 Å². The molecule has 2 rings (SSSR count). The Morgan fingerprint density at radius 3 is 2.74 bits per heavy atom. The molecule has 19 heavy (non-hydrogen) atoms. The minimum Gasteiger partial charge on any atom is -0.480 e. The van der Waals surface area contributed by atoms with Crippen LogP contribution in [0.5, 0.6) is 0 Å². The van der Waals surface area contributed by atoms with Gasteiger partial charge in [-0.15, -0.1) is 0 Å². The summed E-state index contributed by atoms with van der Waals surface area (Å²) in [6.45, 7) is 0.888. The fourth-order valence-electron chi connectivity index (χ4n) is 2.74. The molecule has 0 unspecified atom stereocenters. The predicted molar refractivity (Wildman–Crippen MR) is 65.5 cm³/mol. The molecular formula is C13H19NO5. The molecule has 3 atom stereocenters. The van der Waals surface area contributed by atoms with Crippen LogP contribution in [0, 0.1) is 11.8 Å². The highest BCUT2D eigenvalue weighted by Gasteiger charge is 2.35. The van der Waals surface area contributed by atoms with Gasteiger partial charge < -0.3 is 15.2 Å². The van der Waals surface area contributed by atoms with Crippen molar-refractivity contribution in [2.24, 2.45) is 11.8 Å². The van der Waals surface area contributed by atoms with Gasteiger partial charge in [0.2, 0.25) is 5.91 Å². The highest BCUT2D eigenvalue weighted by molar-refractivity contribution is 5.86. The number of hydrogen-bond acceptors (Lipinski definition) is 4. The molecule has 106 valence electrons. The second-order valence-corrected chi connectivity index (χ2v) is 5.28. The first-order valence-electron chi connectivity index (χ1n) is 6.70. The smallest absolute Gasteiger partial charge is 0.326 e. The Hall–Kier alpha value is -1.43. The molecule has 1 saturated carbocycles. The van der Waals surface area contributed by atoms with Crippen LogP contribution in [0.1, 0.15) is 32.1 Å². The van der Waals surface area contributed by atoms with Crippen LogP contribution in [0.4, 0.5) is 0 Å². The van der Waals surface area contributed by atoms with Crippen LogP contribution in [0.2, 0.25) is 0 Å². The minimum atomic E-state index is -1.06. The number of nitrogens with one attached hydrogen (secondary N) is 1. The summed E-state index contributed by atoms with van der Waals surface area (Å²) in [5.41, 5.74) is 0. The molecule has 0 aromatic heterocycles. The Morgan fingerprint density at radius 2 is 2.16 bits per heavy atom. The third kappa shape index (κ3) is 3.53. The summed E-state index contributed by atoms with van der Waals surface area (Å²) in [4.78, 5) is 34.7. The van der Waals surface area contributed by atoms with E-state index in [9.17, 15) is 19.5 Å². The van der Waals surface area contributed by atoms with Gasteiger partial charge in [0.15, 0.2) is 0 Å². The normalized spacial score (nSPS) is 28.9.